The van der Waals surface area contributed by atoms with Gasteiger partial charge < -0.3 is 22.1 Å². The average molecular weight is 438 g/mol. The Morgan fingerprint density at radius 2 is 2.03 bits per heavy atom. The Morgan fingerprint density at radius 1 is 1.29 bits per heavy atom. The van der Waals surface area contributed by atoms with Crippen molar-refractivity contribution in [3.63, 3.8) is 0 Å². The van der Waals surface area contributed by atoms with Gasteiger partial charge in [0.15, 0.2) is 5.82 Å². The number of anilines is 3. The topological polar surface area (TPSA) is 161 Å². The van der Waals surface area contributed by atoms with Crippen molar-refractivity contribution < 1.29 is 0 Å². The van der Waals surface area contributed by atoms with Crippen LogP contribution in [0.25, 0.3) is 10.9 Å². The lowest BCUT2D eigenvalue weighted by Crippen LogP contribution is -2.31. The second-order valence-electron chi connectivity index (χ2n) is 7.92. The molecule has 1 aliphatic carbocycles. The van der Waals surface area contributed by atoms with E-state index in [-0.39, 0.29) is 34.7 Å². The van der Waals surface area contributed by atoms with Crippen molar-refractivity contribution >= 4 is 40.1 Å². The van der Waals surface area contributed by atoms with Crippen LogP contribution >= 0.6 is 11.6 Å². The molecule has 0 spiro atoms. The van der Waals surface area contributed by atoms with Gasteiger partial charge >= 0.3 is 0 Å². The normalized spacial score (nSPS) is 22.7. The van der Waals surface area contributed by atoms with E-state index >= 15 is 0 Å². The van der Waals surface area contributed by atoms with Crippen molar-refractivity contribution in [2.45, 2.75) is 19.0 Å². The number of rotatable bonds is 4. The Bertz CT molecular complexity index is 1300. The highest BCUT2D eigenvalue weighted by Crippen LogP contribution is 2.52. The number of nitrogens with one attached hydrogen (secondary N) is 2. The van der Waals surface area contributed by atoms with Crippen LogP contribution in [0.1, 0.15) is 30.4 Å². The van der Waals surface area contributed by atoms with Crippen molar-refractivity contribution in [1.29, 1.82) is 5.26 Å². The zero-order valence-corrected chi connectivity index (χ0v) is 17.4. The average Bonchev–Trinajstić information content (AvgIpc) is 3.16. The number of halogens is 1. The molecule has 0 amide bonds. The van der Waals surface area contributed by atoms with Crippen molar-refractivity contribution in [3.05, 3.63) is 45.0 Å². The van der Waals surface area contributed by atoms with Gasteiger partial charge in [0.05, 0.1) is 22.0 Å². The second kappa shape index (κ2) is 7.08. The van der Waals surface area contributed by atoms with Gasteiger partial charge in [-0.3, -0.25) is 9.36 Å². The number of nitrogens with two attached hydrogens (primary N) is 2. The fourth-order valence-corrected chi connectivity index (χ4v) is 4.81. The van der Waals surface area contributed by atoms with Crippen molar-refractivity contribution in [3.8, 4) is 6.07 Å². The molecule has 1 aliphatic heterocycles. The number of hydrogen-bond acceptors (Lipinski definition) is 9. The van der Waals surface area contributed by atoms with Gasteiger partial charge in [0, 0.05) is 19.1 Å². The first kappa shape index (κ1) is 19.5. The van der Waals surface area contributed by atoms with E-state index in [0.29, 0.717) is 33.6 Å². The van der Waals surface area contributed by atoms with Gasteiger partial charge in [-0.15, -0.1) is 0 Å². The van der Waals surface area contributed by atoms with Gasteiger partial charge in [0.1, 0.15) is 23.3 Å². The van der Waals surface area contributed by atoms with Gasteiger partial charge in [0.25, 0.3) is 5.56 Å². The molecule has 10 nitrogen and oxygen atoms in total. The molecule has 3 aromatic rings. The summed E-state index contributed by atoms with van der Waals surface area (Å²) in [4.78, 5) is 26.3. The van der Waals surface area contributed by atoms with Crippen LogP contribution in [-0.4, -0.2) is 32.6 Å². The molecule has 1 unspecified atom stereocenters. The summed E-state index contributed by atoms with van der Waals surface area (Å²) in [7, 11) is 0. The predicted octanol–water partition coefficient (Wildman–Crippen LogP) is 1.44. The molecule has 0 bridgehead atoms. The van der Waals surface area contributed by atoms with Gasteiger partial charge in [-0.2, -0.15) is 15.2 Å². The Labute approximate surface area is 182 Å². The van der Waals surface area contributed by atoms with Crippen LogP contribution in [0, 0.1) is 23.2 Å². The van der Waals surface area contributed by atoms with Crippen LogP contribution in [0.15, 0.2) is 23.0 Å². The molecular weight excluding hydrogens is 418 g/mol. The molecule has 1 saturated carbocycles. The monoisotopic (exact) mass is 437 g/mol. The number of benzene rings is 1. The summed E-state index contributed by atoms with van der Waals surface area (Å²) in [6, 6.07) is 6.80. The largest absolute Gasteiger partial charge is 0.382 e. The first-order valence-corrected chi connectivity index (χ1v) is 10.3. The molecule has 11 heteroatoms. The third kappa shape index (κ3) is 3.05. The Balaban J connectivity index is 1.64. The number of nitrogens with zero attached hydrogens (tertiary/aromatic N) is 5. The lowest BCUT2D eigenvalue weighted by molar-refractivity contribution is 0.519. The Kier molecular flexibility index (Phi) is 4.46. The van der Waals surface area contributed by atoms with E-state index in [4.69, 9.17) is 28.1 Å². The maximum absolute atomic E-state index is 13.5. The fourth-order valence-electron chi connectivity index (χ4n) is 4.56. The van der Waals surface area contributed by atoms with Crippen LogP contribution in [0.2, 0.25) is 5.02 Å². The third-order valence-electron chi connectivity index (χ3n) is 6.06. The van der Waals surface area contributed by atoms with Crippen LogP contribution < -0.4 is 27.7 Å². The SMILES string of the molecule is C[C@H](Nc1nc(N)nc(N)c1C#N)c1nc2cccc(Cl)c2c(=O)n1C1[C@H]2CNC[C@@H]12. The van der Waals surface area contributed by atoms with E-state index < -0.39 is 6.04 Å². The summed E-state index contributed by atoms with van der Waals surface area (Å²) in [5.74, 6) is 1.44. The third-order valence-corrected chi connectivity index (χ3v) is 6.37. The molecule has 6 N–H and O–H groups in total. The minimum atomic E-state index is -0.467. The van der Waals surface area contributed by atoms with Crippen LogP contribution in [0.4, 0.5) is 17.6 Å². The first-order chi connectivity index (χ1) is 14.9. The van der Waals surface area contributed by atoms with E-state index in [0.717, 1.165) is 13.1 Å². The highest BCUT2D eigenvalue weighted by atomic mass is 35.5. The molecular formula is C20H20ClN9O. The minimum Gasteiger partial charge on any atom is -0.382 e. The molecule has 158 valence electrons. The van der Waals surface area contributed by atoms with E-state index in [1.807, 2.05) is 13.0 Å². The summed E-state index contributed by atoms with van der Waals surface area (Å²) < 4.78 is 1.75. The number of nitriles is 1. The van der Waals surface area contributed by atoms with Crippen LogP contribution in [0.3, 0.4) is 0 Å². The standard InChI is InChI=1S/C20H20ClN9O/c1-8(26-17-9(5-22)16(23)28-20(24)29-17)18-27-13-4-2-3-12(21)14(13)19(31)30(18)15-10-6-25-7-11(10)15/h2-4,8,10-11,15,25H,6-7H2,1H3,(H5,23,24,26,28,29)/t8-,10-,11+,15?/m0/s1. The molecule has 3 heterocycles. The predicted molar refractivity (Wildman–Crippen MR) is 118 cm³/mol. The van der Waals surface area contributed by atoms with Gasteiger partial charge in [0.2, 0.25) is 5.95 Å². The Hall–Kier alpha value is -3.42. The molecule has 4 atom stereocenters. The highest BCUT2D eigenvalue weighted by molar-refractivity contribution is 6.35. The smallest absolute Gasteiger partial charge is 0.263 e. The number of piperidine rings is 1. The second-order valence-corrected chi connectivity index (χ2v) is 8.33. The molecule has 1 saturated heterocycles. The molecule has 2 aliphatic rings. The Morgan fingerprint density at radius 3 is 2.74 bits per heavy atom. The number of nitrogen functional groups attached to an aromatic ring is 2. The molecule has 2 fully saturated rings. The van der Waals surface area contributed by atoms with E-state index in [2.05, 4.69) is 20.6 Å². The van der Waals surface area contributed by atoms with Crippen molar-refractivity contribution in [2.24, 2.45) is 11.8 Å². The minimum absolute atomic E-state index is 0.0110. The summed E-state index contributed by atoms with van der Waals surface area (Å²) in [5.41, 5.74) is 12.0. The lowest BCUT2D eigenvalue weighted by Gasteiger charge is -2.22. The number of hydrogen-bond donors (Lipinski definition) is 4. The van der Waals surface area contributed by atoms with Gasteiger partial charge in [-0.25, -0.2) is 4.98 Å². The first-order valence-electron chi connectivity index (χ1n) is 9.91. The zero-order chi connectivity index (χ0) is 21.9. The van der Waals surface area contributed by atoms with Crippen molar-refractivity contribution in [2.75, 3.05) is 29.9 Å². The molecule has 0 radical (unpaired) electrons. The summed E-state index contributed by atoms with van der Waals surface area (Å²) in [6.07, 6.45) is 0. The van der Waals surface area contributed by atoms with E-state index in [1.165, 1.54) is 0 Å². The van der Waals surface area contributed by atoms with Crippen LogP contribution in [-0.2, 0) is 0 Å². The highest BCUT2D eigenvalue weighted by Gasteiger charge is 2.55. The van der Waals surface area contributed by atoms with E-state index in [1.54, 1.807) is 22.8 Å². The summed E-state index contributed by atoms with van der Waals surface area (Å²) in [6.45, 7) is 3.57. The maximum Gasteiger partial charge on any atom is 0.263 e. The molecule has 1 aromatic carbocycles. The van der Waals surface area contributed by atoms with Gasteiger partial charge in [-0.1, -0.05) is 17.7 Å². The number of fused-ring (bicyclic) bond motifs is 2. The zero-order valence-electron chi connectivity index (χ0n) is 16.6. The van der Waals surface area contributed by atoms with E-state index in [9.17, 15) is 10.1 Å². The van der Waals surface area contributed by atoms with Gasteiger partial charge in [-0.05, 0) is 30.9 Å². The summed E-state index contributed by atoms with van der Waals surface area (Å²) in [5, 5.41) is 16.8. The number of aromatic nitrogens is 4. The van der Waals surface area contributed by atoms with Crippen molar-refractivity contribution in [1.82, 2.24) is 24.8 Å². The lowest BCUT2D eigenvalue weighted by atomic mass is 10.2. The molecule has 5 rings (SSSR count). The fraction of sp³-hybridized carbons (Fsp3) is 0.350. The molecule has 2 aromatic heterocycles. The van der Waals surface area contributed by atoms with Crippen LogP contribution in [0.5, 0.6) is 0 Å². The summed E-state index contributed by atoms with van der Waals surface area (Å²) >= 11 is 6.35. The maximum atomic E-state index is 13.5. The quantitative estimate of drug-likeness (QED) is 0.473. The molecule has 31 heavy (non-hydrogen) atoms.